The largest absolute Gasteiger partial charge is 0.489 e. The molecule has 0 spiro atoms. The Morgan fingerprint density at radius 3 is 2.18 bits per heavy atom. The molecule has 5 heteroatoms. The van der Waals surface area contributed by atoms with E-state index in [2.05, 4.69) is 5.32 Å². The maximum Gasteiger partial charge on any atom is 0.193 e. The Morgan fingerprint density at radius 1 is 0.848 bits per heavy atom. The highest BCUT2D eigenvalue weighted by Crippen LogP contribution is 2.26. The Bertz CT molecular complexity index is 1450. The molecular weight excluding hydrogens is 410 g/mol. The first-order valence-electron chi connectivity index (χ1n) is 10.8. The standard InChI is InChI=1S/C28H23N3O2/c1-20-21(19-33-24-15-9-4-10-16-24)17-25-26(32)18-27(30-22-11-5-2-6-12-22)31(28(25)29-20)23-13-7-3-8-14-23/h2-18,30H,19H2,1H3. The summed E-state index contributed by atoms with van der Waals surface area (Å²) in [5.74, 6) is 1.44. The van der Waals surface area contributed by atoms with E-state index in [9.17, 15) is 4.79 Å². The van der Waals surface area contributed by atoms with Crippen LogP contribution in [0.4, 0.5) is 11.5 Å². The Morgan fingerprint density at radius 2 is 1.48 bits per heavy atom. The van der Waals surface area contributed by atoms with Crippen LogP contribution in [-0.4, -0.2) is 9.55 Å². The molecule has 0 aliphatic carbocycles. The second-order valence-corrected chi connectivity index (χ2v) is 7.76. The molecule has 0 aliphatic rings. The van der Waals surface area contributed by atoms with Crippen molar-refractivity contribution in [3.63, 3.8) is 0 Å². The third-order valence-corrected chi connectivity index (χ3v) is 5.48. The zero-order chi connectivity index (χ0) is 22.6. The van der Waals surface area contributed by atoms with Gasteiger partial charge in [0.25, 0.3) is 0 Å². The summed E-state index contributed by atoms with van der Waals surface area (Å²) in [6, 6.07) is 32.9. The number of para-hydroxylation sites is 3. The molecule has 0 atom stereocenters. The van der Waals surface area contributed by atoms with Crippen molar-refractivity contribution in [2.45, 2.75) is 13.5 Å². The molecule has 0 bridgehead atoms. The highest BCUT2D eigenvalue weighted by molar-refractivity contribution is 5.81. The molecule has 0 fully saturated rings. The molecule has 0 aliphatic heterocycles. The normalized spacial score (nSPS) is 10.8. The highest BCUT2D eigenvalue weighted by Gasteiger charge is 2.15. The Labute approximate surface area is 191 Å². The van der Waals surface area contributed by atoms with Crippen LogP contribution in [0.2, 0.25) is 0 Å². The average Bonchev–Trinajstić information content (AvgIpc) is 2.85. The number of benzene rings is 3. The molecule has 33 heavy (non-hydrogen) atoms. The predicted octanol–water partition coefficient (Wildman–Crippen LogP) is 6.02. The first-order chi connectivity index (χ1) is 16.2. The van der Waals surface area contributed by atoms with E-state index in [0.717, 1.165) is 28.4 Å². The molecular formula is C28H23N3O2. The number of hydrogen-bond donors (Lipinski definition) is 1. The molecule has 162 valence electrons. The summed E-state index contributed by atoms with van der Waals surface area (Å²) in [7, 11) is 0. The summed E-state index contributed by atoms with van der Waals surface area (Å²) >= 11 is 0. The van der Waals surface area contributed by atoms with Crippen LogP contribution in [-0.2, 0) is 6.61 Å². The lowest BCUT2D eigenvalue weighted by Gasteiger charge is -2.19. The minimum atomic E-state index is -0.0935. The van der Waals surface area contributed by atoms with E-state index in [1.165, 1.54) is 0 Å². The molecule has 1 N–H and O–H groups in total. The average molecular weight is 434 g/mol. The monoisotopic (exact) mass is 433 g/mol. The van der Waals surface area contributed by atoms with Crippen LogP contribution in [0.3, 0.4) is 0 Å². The lowest BCUT2D eigenvalue weighted by Crippen LogP contribution is -2.15. The third kappa shape index (κ3) is 4.34. The number of aryl methyl sites for hydroxylation is 1. The number of hydrogen-bond acceptors (Lipinski definition) is 4. The molecule has 5 nitrogen and oxygen atoms in total. The number of ether oxygens (including phenoxy) is 1. The molecule has 2 aromatic heterocycles. The number of fused-ring (bicyclic) bond motifs is 1. The summed E-state index contributed by atoms with van der Waals surface area (Å²) in [6.45, 7) is 2.29. The van der Waals surface area contributed by atoms with Crippen LogP contribution in [0.1, 0.15) is 11.3 Å². The fraction of sp³-hybridized carbons (Fsp3) is 0.0714. The summed E-state index contributed by atoms with van der Waals surface area (Å²) < 4.78 is 7.90. The SMILES string of the molecule is Cc1nc2c(cc1COc1ccccc1)c(=O)cc(Nc1ccccc1)n2-c1ccccc1. The second kappa shape index (κ2) is 9.01. The van der Waals surface area contributed by atoms with Gasteiger partial charge in [0.2, 0.25) is 0 Å². The van der Waals surface area contributed by atoms with E-state index in [-0.39, 0.29) is 5.43 Å². The van der Waals surface area contributed by atoms with Gasteiger partial charge in [0, 0.05) is 28.7 Å². The van der Waals surface area contributed by atoms with Crippen molar-refractivity contribution in [1.82, 2.24) is 9.55 Å². The van der Waals surface area contributed by atoms with Crippen molar-refractivity contribution in [3.8, 4) is 11.4 Å². The molecule has 0 unspecified atom stereocenters. The molecule has 3 aromatic carbocycles. The highest BCUT2D eigenvalue weighted by atomic mass is 16.5. The van der Waals surface area contributed by atoms with E-state index in [1.54, 1.807) is 6.07 Å². The van der Waals surface area contributed by atoms with Gasteiger partial charge >= 0.3 is 0 Å². The Balaban J connectivity index is 1.64. The van der Waals surface area contributed by atoms with Crippen LogP contribution < -0.4 is 15.5 Å². The zero-order valence-corrected chi connectivity index (χ0v) is 18.2. The first-order valence-corrected chi connectivity index (χ1v) is 10.8. The smallest absolute Gasteiger partial charge is 0.193 e. The molecule has 5 rings (SSSR count). The van der Waals surface area contributed by atoms with Crippen molar-refractivity contribution in [3.05, 3.63) is 125 Å². The van der Waals surface area contributed by atoms with E-state index in [4.69, 9.17) is 9.72 Å². The maximum atomic E-state index is 13.2. The molecule has 0 radical (unpaired) electrons. The van der Waals surface area contributed by atoms with Crippen molar-refractivity contribution < 1.29 is 4.74 Å². The van der Waals surface area contributed by atoms with Gasteiger partial charge in [0.1, 0.15) is 23.8 Å². The van der Waals surface area contributed by atoms with E-state index >= 15 is 0 Å². The maximum absolute atomic E-state index is 13.2. The van der Waals surface area contributed by atoms with Crippen LogP contribution in [0, 0.1) is 6.92 Å². The van der Waals surface area contributed by atoms with Crippen molar-refractivity contribution in [2.75, 3.05) is 5.32 Å². The number of rotatable bonds is 6. The minimum Gasteiger partial charge on any atom is -0.489 e. The molecule has 0 saturated heterocycles. The Kier molecular flexibility index (Phi) is 5.60. The quantitative estimate of drug-likeness (QED) is 0.356. The lowest BCUT2D eigenvalue weighted by atomic mass is 10.1. The van der Waals surface area contributed by atoms with Gasteiger partial charge in [-0.1, -0.05) is 54.6 Å². The van der Waals surface area contributed by atoms with Crippen LogP contribution >= 0.6 is 0 Å². The first kappa shape index (κ1) is 20.5. The van der Waals surface area contributed by atoms with Crippen LogP contribution in [0.25, 0.3) is 16.7 Å². The number of anilines is 2. The van der Waals surface area contributed by atoms with Crippen LogP contribution in [0.5, 0.6) is 5.75 Å². The Hall–Kier alpha value is -4.38. The molecule has 0 amide bonds. The summed E-state index contributed by atoms with van der Waals surface area (Å²) in [6.07, 6.45) is 0. The molecule has 5 aromatic rings. The fourth-order valence-corrected chi connectivity index (χ4v) is 3.79. The van der Waals surface area contributed by atoms with Gasteiger partial charge in [-0.25, -0.2) is 4.98 Å². The topological polar surface area (TPSA) is 56.1 Å². The van der Waals surface area contributed by atoms with Gasteiger partial charge in [-0.3, -0.25) is 9.36 Å². The third-order valence-electron chi connectivity index (χ3n) is 5.48. The second-order valence-electron chi connectivity index (χ2n) is 7.76. The molecule has 0 saturated carbocycles. The number of nitrogens with one attached hydrogen (secondary N) is 1. The van der Waals surface area contributed by atoms with Gasteiger partial charge in [-0.05, 0) is 49.4 Å². The van der Waals surface area contributed by atoms with Crippen molar-refractivity contribution in [2.24, 2.45) is 0 Å². The van der Waals surface area contributed by atoms with Gasteiger partial charge in [0.05, 0.1) is 5.39 Å². The minimum absolute atomic E-state index is 0.0935. The molecule has 2 heterocycles. The number of aromatic nitrogens is 2. The van der Waals surface area contributed by atoms with E-state index in [1.807, 2.05) is 109 Å². The van der Waals surface area contributed by atoms with Gasteiger partial charge in [-0.2, -0.15) is 0 Å². The summed E-state index contributed by atoms with van der Waals surface area (Å²) in [4.78, 5) is 18.0. The number of pyridine rings is 2. The van der Waals surface area contributed by atoms with E-state index < -0.39 is 0 Å². The summed E-state index contributed by atoms with van der Waals surface area (Å²) in [5, 5.41) is 3.93. The van der Waals surface area contributed by atoms with E-state index in [0.29, 0.717) is 23.5 Å². The fourth-order valence-electron chi connectivity index (χ4n) is 3.79. The van der Waals surface area contributed by atoms with Gasteiger partial charge < -0.3 is 10.1 Å². The van der Waals surface area contributed by atoms with Gasteiger partial charge in [-0.15, -0.1) is 0 Å². The van der Waals surface area contributed by atoms with Crippen molar-refractivity contribution >= 4 is 22.5 Å². The lowest BCUT2D eigenvalue weighted by molar-refractivity contribution is 0.305. The summed E-state index contributed by atoms with van der Waals surface area (Å²) in [5.41, 5.74) is 4.02. The van der Waals surface area contributed by atoms with Crippen molar-refractivity contribution in [1.29, 1.82) is 0 Å². The zero-order valence-electron chi connectivity index (χ0n) is 18.2. The number of nitrogens with zero attached hydrogens (tertiary/aromatic N) is 2. The van der Waals surface area contributed by atoms with Crippen LogP contribution in [0.15, 0.2) is 108 Å². The predicted molar refractivity (Wildman–Crippen MR) is 133 cm³/mol. The van der Waals surface area contributed by atoms with Gasteiger partial charge in [0.15, 0.2) is 5.43 Å².